The first-order valence-electron chi connectivity index (χ1n) is 11.9. The number of hydrogen-bond donors (Lipinski definition) is 0. The number of ether oxygens (including phenoxy) is 1. The Morgan fingerprint density at radius 2 is 1.25 bits per heavy atom. The van der Waals surface area contributed by atoms with Crippen LogP contribution in [0.2, 0.25) is 0 Å². The minimum absolute atomic E-state index is 0.0380. The molecule has 0 aliphatic carbocycles. The van der Waals surface area contributed by atoms with E-state index >= 15 is 0 Å². The van der Waals surface area contributed by atoms with Crippen LogP contribution < -0.4 is 0 Å². The van der Waals surface area contributed by atoms with E-state index in [-0.39, 0.29) is 47.3 Å². The molecule has 4 rings (SSSR count). The molecule has 0 radical (unpaired) electrons. The van der Waals surface area contributed by atoms with Gasteiger partial charge < -0.3 is 4.74 Å². The summed E-state index contributed by atoms with van der Waals surface area (Å²) < 4.78 is 117. The zero-order chi connectivity index (χ0) is 29.0. The molecule has 0 fully saturated rings. The average molecular weight is 560 g/mol. The van der Waals surface area contributed by atoms with E-state index in [0.29, 0.717) is 23.3 Å². The van der Waals surface area contributed by atoms with Gasteiger partial charge in [-0.05, 0) is 65.4 Å². The van der Waals surface area contributed by atoms with Crippen LogP contribution in [0.15, 0.2) is 85.4 Å². The number of rotatable bonds is 9. The van der Waals surface area contributed by atoms with Gasteiger partial charge in [0.15, 0.2) is 17.5 Å². The van der Waals surface area contributed by atoms with Crippen LogP contribution in [-0.4, -0.2) is 6.61 Å². The summed E-state index contributed by atoms with van der Waals surface area (Å²) in [7, 11) is 0. The Morgan fingerprint density at radius 1 is 0.650 bits per heavy atom. The molecule has 1 nitrogen and oxygen atoms in total. The van der Waals surface area contributed by atoms with Crippen molar-refractivity contribution in [2.45, 2.75) is 12.8 Å². The van der Waals surface area contributed by atoms with Gasteiger partial charge >= 0.3 is 6.01 Å². The van der Waals surface area contributed by atoms with Crippen molar-refractivity contribution in [3.63, 3.8) is 0 Å². The van der Waals surface area contributed by atoms with Crippen molar-refractivity contribution >= 4 is 5.83 Å². The topological polar surface area (TPSA) is 9.23 Å². The van der Waals surface area contributed by atoms with Gasteiger partial charge in [0, 0.05) is 16.7 Å². The molecule has 40 heavy (non-hydrogen) atoms. The number of benzene rings is 4. The average Bonchev–Trinajstić information content (AvgIpc) is 2.93. The van der Waals surface area contributed by atoms with Gasteiger partial charge in [-0.1, -0.05) is 49.1 Å². The molecule has 4 aromatic carbocycles. The summed E-state index contributed by atoms with van der Waals surface area (Å²) in [6.45, 7) is 3.12. The van der Waals surface area contributed by atoms with Gasteiger partial charge in [0.25, 0.3) is 0 Å². The van der Waals surface area contributed by atoms with Crippen molar-refractivity contribution in [1.82, 2.24) is 0 Å². The highest BCUT2D eigenvalue weighted by molar-refractivity contribution is 5.69. The molecule has 0 saturated heterocycles. The van der Waals surface area contributed by atoms with Gasteiger partial charge in [-0.2, -0.15) is 8.78 Å². The first-order chi connectivity index (χ1) is 19.1. The lowest BCUT2D eigenvalue weighted by Gasteiger charge is -2.11. The Labute approximate surface area is 224 Å². The Bertz CT molecular complexity index is 1550. The maximum Gasteiger partial charge on any atom is 0.310 e. The zero-order valence-corrected chi connectivity index (χ0v) is 20.7. The van der Waals surface area contributed by atoms with Crippen LogP contribution in [0.25, 0.3) is 28.1 Å². The Morgan fingerprint density at radius 3 is 1.82 bits per heavy atom. The lowest BCUT2D eigenvalue weighted by Crippen LogP contribution is -2.01. The molecule has 0 heterocycles. The van der Waals surface area contributed by atoms with Crippen LogP contribution in [0.5, 0.6) is 0 Å². The van der Waals surface area contributed by atoms with Gasteiger partial charge in [0.1, 0.15) is 24.1 Å². The van der Waals surface area contributed by atoms with Gasteiger partial charge in [-0.25, -0.2) is 26.3 Å². The highest BCUT2D eigenvalue weighted by atomic mass is 19.2. The molecular weight excluding hydrogens is 540 g/mol. The van der Waals surface area contributed by atoms with Gasteiger partial charge in [0.05, 0.1) is 0 Å². The van der Waals surface area contributed by atoms with Crippen molar-refractivity contribution in [2.75, 3.05) is 6.61 Å². The summed E-state index contributed by atoms with van der Waals surface area (Å²) in [5.74, 6) is -8.39. The van der Waals surface area contributed by atoms with E-state index in [4.69, 9.17) is 0 Å². The molecule has 4 aromatic rings. The van der Waals surface area contributed by atoms with E-state index in [2.05, 4.69) is 11.3 Å². The summed E-state index contributed by atoms with van der Waals surface area (Å²) in [6, 6.07) is 11.1. The van der Waals surface area contributed by atoms with Crippen LogP contribution >= 0.6 is 0 Å². The van der Waals surface area contributed by atoms with E-state index in [0.717, 1.165) is 18.2 Å². The third kappa shape index (κ3) is 6.25. The molecule has 0 bridgehead atoms. The maximum absolute atomic E-state index is 14.8. The van der Waals surface area contributed by atoms with Crippen LogP contribution in [0.4, 0.5) is 35.1 Å². The Kier molecular flexibility index (Phi) is 8.72. The van der Waals surface area contributed by atoms with Crippen molar-refractivity contribution < 1.29 is 39.9 Å². The molecule has 0 aromatic heterocycles. The number of aryl methyl sites for hydroxylation is 1. The van der Waals surface area contributed by atoms with E-state index in [9.17, 15) is 35.1 Å². The second kappa shape index (κ2) is 12.2. The Hall–Kier alpha value is -4.40. The van der Waals surface area contributed by atoms with Crippen molar-refractivity contribution in [3.8, 4) is 22.3 Å². The molecule has 0 N–H and O–H groups in total. The largest absolute Gasteiger partial charge is 0.464 e. The van der Waals surface area contributed by atoms with Crippen LogP contribution in [0, 0.1) is 34.9 Å². The third-order valence-corrected chi connectivity index (χ3v) is 6.11. The first-order valence-corrected chi connectivity index (χ1v) is 11.9. The smallest absolute Gasteiger partial charge is 0.310 e. The Balaban J connectivity index is 1.49. The van der Waals surface area contributed by atoms with Crippen molar-refractivity contribution in [1.29, 1.82) is 0 Å². The predicted molar refractivity (Wildman–Crippen MR) is 136 cm³/mol. The van der Waals surface area contributed by atoms with Gasteiger partial charge in [-0.3, -0.25) is 0 Å². The predicted octanol–water partition coefficient (Wildman–Crippen LogP) is 9.41. The van der Waals surface area contributed by atoms with Crippen molar-refractivity contribution in [3.05, 3.63) is 137 Å². The van der Waals surface area contributed by atoms with Gasteiger partial charge in [0.2, 0.25) is 5.83 Å². The van der Waals surface area contributed by atoms with Crippen LogP contribution in [-0.2, 0) is 17.6 Å². The molecule has 0 atom stereocenters. The summed E-state index contributed by atoms with van der Waals surface area (Å²) in [6.07, 6.45) is 1.16. The van der Waals surface area contributed by atoms with Crippen molar-refractivity contribution in [2.24, 2.45) is 0 Å². The maximum atomic E-state index is 14.8. The molecule has 0 aliphatic rings. The summed E-state index contributed by atoms with van der Waals surface area (Å²) >= 11 is 0. The standard InChI is InChI=1S/C31H20F8O/c1-2-11-40-31(39)29(37)19-7-5-18(6-8-19)20-13-25(33)23(26(34)14-20)10-4-17-3-9-22(24(32)12-17)21-15-27(35)30(38)28(36)16-21/h2-3,5-9,12-16H,1,4,10-11H2/b31-29-. The van der Waals surface area contributed by atoms with E-state index < -0.39 is 46.7 Å². The lowest BCUT2D eigenvalue weighted by molar-refractivity contribution is 0.169. The molecule has 0 unspecified atom stereocenters. The first kappa shape index (κ1) is 28.6. The molecule has 0 amide bonds. The van der Waals surface area contributed by atoms with E-state index in [1.54, 1.807) is 0 Å². The number of hydrogen-bond acceptors (Lipinski definition) is 1. The second-order valence-corrected chi connectivity index (χ2v) is 8.75. The third-order valence-electron chi connectivity index (χ3n) is 6.11. The van der Waals surface area contributed by atoms with Gasteiger partial charge in [-0.15, -0.1) is 0 Å². The highest BCUT2D eigenvalue weighted by Gasteiger charge is 2.17. The lowest BCUT2D eigenvalue weighted by atomic mass is 9.97. The summed E-state index contributed by atoms with van der Waals surface area (Å²) in [4.78, 5) is 0. The normalized spacial score (nSPS) is 11.8. The molecule has 206 valence electrons. The van der Waals surface area contributed by atoms with E-state index in [1.165, 1.54) is 42.5 Å². The molecule has 0 spiro atoms. The molecular formula is C31H20F8O. The summed E-state index contributed by atoms with van der Waals surface area (Å²) in [5.41, 5.74) is 0.121. The fourth-order valence-electron chi connectivity index (χ4n) is 4.06. The second-order valence-electron chi connectivity index (χ2n) is 8.75. The fraction of sp³-hybridized carbons (Fsp3) is 0.0968. The number of halogens is 8. The SMILES string of the molecule is C=CCO/C(F)=C(\F)c1ccc(-c2cc(F)c(CCc3ccc(-c4cc(F)c(F)c(F)c4)c(F)c3)c(F)c2)cc1. The monoisotopic (exact) mass is 560 g/mol. The van der Waals surface area contributed by atoms with Crippen LogP contribution in [0.1, 0.15) is 16.7 Å². The minimum atomic E-state index is -1.67. The minimum Gasteiger partial charge on any atom is -0.464 e. The highest BCUT2D eigenvalue weighted by Crippen LogP contribution is 2.30. The quantitative estimate of drug-likeness (QED) is 0.0858. The van der Waals surface area contributed by atoms with E-state index in [1.807, 2.05) is 0 Å². The fourth-order valence-corrected chi connectivity index (χ4v) is 4.06. The zero-order valence-electron chi connectivity index (χ0n) is 20.7. The molecule has 0 aliphatic heterocycles. The molecule has 0 saturated carbocycles. The summed E-state index contributed by atoms with van der Waals surface area (Å²) in [5, 5.41) is 0. The molecule has 9 heteroatoms. The van der Waals surface area contributed by atoms with Crippen LogP contribution in [0.3, 0.4) is 0 Å².